The fourth-order valence-corrected chi connectivity index (χ4v) is 7.72. The van der Waals surface area contributed by atoms with Crippen LogP contribution >= 0.6 is 0 Å². The number of nitrogens with zero attached hydrogens (tertiary/aromatic N) is 1. The second kappa shape index (κ2) is 15.7. The van der Waals surface area contributed by atoms with Crippen molar-refractivity contribution in [1.82, 2.24) is 0 Å². The Hall–Kier alpha value is -5.96. The number of allylic oxidation sites excluding steroid dienone is 4. The predicted octanol–water partition coefficient (Wildman–Crippen LogP) is 12.6. The number of hydrogen-bond donors (Lipinski definition) is 0. The van der Waals surface area contributed by atoms with Gasteiger partial charge in [-0.25, -0.2) is 0 Å². The van der Waals surface area contributed by atoms with Crippen LogP contribution in [0.4, 0.5) is 11.4 Å². The smallest absolute Gasteiger partial charge is 0.0680 e. The zero-order valence-corrected chi connectivity index (χ0v) is 30.5. The Labute approximate surface area is 314 Å². The van der Waals surface area contributed by atoms with Gasteiger partial charge in [0.25, 0.3) is 0 Å². The Morgan fingerprint density at radius 2 is 1.08 bits per heavy atom. The molecule has 0 radical (unpaired) electrons. The molecule has 8 rings (SSSR count). The maximum Gasteiger partial charge on any atom is 0.0680 e. The number of fused-ring (bicyclic) bond motifs is 3. The molecule has 260 valence electrons. The van der Waals surface area contributed by atoms with Crippen molar-refractivity contribution in [2.75, 3.05) is 18.1 Å². The second-order valence-corrected chi connectivity index (χ2v) is 14.2. The van der Waals surface area contributed by atoms with Crippen LogP contribution in [0.5, 0.6) is 0 Å². The summed E-state index contributed by atoms with van der Waals surface area (Å²) < 4.78 is 6.08. The summed E-state index contributed by atoms with van der Waals surface area (Å²) >= 11 is 0. The van der Waals surface area contributed by atoms with Crippen LogP contribution in [0, 0.1) is 13.8 Å². The molecule has 0 spiro atoms. The van der Waals surface area contributed by atoms with Gasteiger partial charge in [-0.05, 0) is 94.6 Å². The Balaban J connectivity index is 1.05. The summed E-state index contributed by atoms with van der Waals surface area (Å²) in [5.41, 5.74) is 16.1. The molecule has 2 heteroatoms. The van der Waals surface area contributed by atoms with Gasteiger partial charge in [-0.2, -0.15) is 0 Å². The monoisotopic (exact) mass is 687 g/mol. The normalized spacial score (nSPS) is 16.4. The van der Waals surface area contributed by atoms with Crippen LogP contribution in [-0.4, -0.2) is 19.3 Å². The highest BCUT2D eigenvalue weighted by Crippen LogP contribution is 2.48. The minimum Gasteiger partial charge on any atom is -0.379 e. The first kappa shape index (κ1) is 34.1. The zero-order valence-electron chi connectivity index (χ0n) is 30.5. The van der Waals surface area contributed by atoms with Crippen molar-refractivity contribution in [2.24, 2.45) is 0 Å². The summed E-state index contributed by atoms with van der Waals surface area (Å²) in [7, 11) is 0. The number of benzene rings is 6. The Morgan fingerprint density at radius 3 is 1.64 bits per heavy atom. The van der Waals surface area contributed by atoms with Gasteiger partial charge in [0.2, 0.25) is 0 Å². The molecule has 0 N–H and O–H groups in total. The number of aryl methyl sites for hydroxylation is 2. The molecule has 2 aliphatic rings. The minimum atomic E-state index is 0.288. The van der Waals surface area contributed by atoms with Crippen molar-refractivity contribution in [3.8, 4) is 0 Å². The standard InChI is InChI=1S/C51H45NO/c1-37-19-26-43(27-20-37)47(44-28-21-38(2)22-29-44)18-10-12-40-25-32-50-49(35-40)48-33-34-53-36-51(48)52(50)45-30-23-39(24-31-45)11-9-17-46(41-13-5-3-6-14-41)42-15-7-4-8-16-42/h3-32,35,48,51H,33-34,36H2,1-2H3/b11-9+,12-10+. The lowest BCUT2D eigenvalue weighted by Gasteiger charge is -2.33. The number of hydrogen-bond acceptors (Lipinski definition) is 2. The van der Waals surface area contributed by atoms with Crippen LogP contribution in [0.2, 0.25) is 0 Å². The topological polar surface area (TPSA) is 12.5 Å². The summed E-state index contributed by atoms with van der Waals surface area (Å²) in [6, 6.07) is 55.1. The van der Waals surface area contributed by atoms with E-state index in [2.05, 4.69) is 207 Å². The molecule has 6 aromatic rings. The zero-order chi connectivity index (χ0) is 36.0. The van der Waals surface area contributed by atoms with Crippen LogP contribution in [0.15, 0.2) is 176 Å². The van der Waals surface area contributed by atoms with E-state index in [1.165, 1.54) is 72.6 Å². The van der Waals surface area contributed by atoms with Crippen molar-refractivity contribution in [2.45, 2.75) is 32.2 Å². The third-order valence-corrected chi connectivity index (χ3v) is 10.5. The van der Waals surface area contributed by atoms with Crippen molar-refractivity contribution < 1.29 is 4.74 Å². The SMILES string of the molecule is Cc1ccc(C(=C/C=C/c2ccc3c(c2)C2CCOCC2N3c2ccc(/C=C/C=C(c3ccccc3)c3ccccc3)cc2)c2ccc(C)cc2)cc1. The lowest BCUT2D eigenvalue weighted by molar-refractivity contribution is 0.0739. The van der Waals surface area contributed by atoms with Crippen LogP contribution < -0.4 is 4.90 Å². The molecule has 2 unspecified atom stereocenters. The van der Waals surface area contributed by atoms with Gasteiger partial charge in [0.05, 0.1) is 12.6 Å². The van der Waals surface area contributed by atoms with Crippen molar-refractivity contribution in [1.29, 1.82) is 0 Å². The molecule has 1 fully saturated rings. The lowest BCUT2D eigenvalue weighted by atomic mass is 9.90. The largest absolute Gasteiger partial charge is 0.379 e. The summed E-state index contributed by atoms with van der Waals surface area (Å²) in [4.78, 5) is 2.51. The molecule has 0 bridgehead atoms. The number of rotatable bonds is 9. The van der Waals surface area contributed by atoms with Gasteiger partial charge in [0.15, 0.2) is 0 Å². The molecule has 1 saturated heterocycles. The molecule has 2 aliphatic heterocycles. The average Bonchev–Trinajstić information content (AvgIpc) is 3.54. The van der Waals surface area contributed by atoms with E-state index in [9.17, 15) is 0 Å². The average molecular weight is 688 g/mol. The number of anilines is 2. The van der Waals surface area contributed by atoms with Gasteiger partial charge in [0, 0.05) is 23.9 Å². The molecule has 53 heavy (non-hydrogen) atoms. The van der Waals surface area contributed by atoms with Crippen LogP contribution in [-0.2, 0) is 4.74 Å². The molecule has 0 aliphatic carbocycles. The van der Waals surface area contributed by atoms with E-state index in [0.29, 0.717) is 5.92 Å². The van der Waals surface area contributed by atoms with E-state index in [-0.39, 0.29) is 6.04 Å². The van der Waals surface area contributed by atoms with Crippen molar-refractivity contribution in [3.63, 3.8) is 0 Å². The minimum absolute atomic E-state index is 0.288. The third-order valence-electron chi connectivity index (χ3n) is 10.5. The van der Waals surface area contributed by atoms with Gasteiger partial charge < -0.3 is 9.64 Å². The molecule has 0 saturated carbocycles. The van der Waals surface area contributed by atoms with Gasteiger partial charge in [-0.15, -0.1) is 0 Å². The van der Waals surface area contributed by atoms with Gasteiger partial charge in [0.1, 0.15) is 0 Å². The summed E-state index contributed by atoms with van der Waals surface area (Å²) in [6.07, 6.45) is 14.3. The maximum atomic E-state index is 6.08. The molecular weight excluding hydrogens is 643 g/mol. The maximum absolute atomic E-state index is 6.08. The fourth-order valence-electron chi connectivity index (χ4n) is 7.72. The van der Waals surface area contributed by atoms with Gasteiger partial charge >= 0.3 is 0 Å². The van der Waals surface area contributed by atoms with Crippen molar-refractivity contribution in [3.05, 3.63) is 226 Å². The summed E-state index contributed by atoms with van der Waals surface area (Å²) in [6.45, 7) is 5.81. The molecule has 6 aromatic carbocycles. The lowest BCUT2D eigenvalue weighted by Crippen LogP contribution is -2.38. The van der Waals surface area contributed by atoms with Crippen LogP contribution in [0.25, 0.3) is 23.3 Å². The fraction of sp³-hybridized carbons (Fsp3) is 0.137. The third kappa shape index (κ3) is 7.65. The molecule has 0 aromatic heterocycles. The van der Waals surface area contributed by atoms with Crippen molar-refractivity contribution >= 4 is 34.7 Å². The van der Waals surface area contributed by atoms with Crippen LogP contribution in [0.1, 0.15) is 62.4 Å². The first-order chi connectivity index (χ1) is 26.1. The first-order valence-electron chi connectivity index (χ1n) is 18.7. The van der Waals surface area contributed by atoms with E-state index in [1.54, 1.807) is 0 Å². The Bertz CT molecular complexity index is 2190. The molecule has 2 atom stereocenters. The summed E-state index contributed by atoms with van der Waals surface area (Å²) in [5, 5.41) is 0. The Morgan fingerprint density at radius 1 is 0.566 bits per heavy atom. The van der Waals surface area contributed by atoms with E-state index in [0.717, 1.165) is 19.6 Å². The van der Waals surface area contributed by atoms with E-state index in [1.807, 2.05) is 0 Å². The summed E-state index contributed by atoms with van der Waals surface area (Å²) in [5.74, 6) is 0.442. The number of ether oxygens (including phenoxy) is 1. The van der Waals surface area contributed by atoms with Gasteiger partial charge in [-0.3, -0.25) is 0 Å². The highest BCUT2D eigenvalue weighted by molar-refractivity contribution is 5.83. The van der Waals surface area contributed by atoms with E-state index < -0.39 is 0 Å². The molecular formula is C51H45NO. The molecule has 2 nitrogen and oxygen atoms in total. The predicted molar refractivity (Wildman–Crippen MR) is 224 cm³/mol. The first-order valence-corrected chi connectivity index (χ1v) is 18.7. The Kier molecular flexibility index (Phi) is 10.1. The van der Waals surface area contributed by atoms with Crippen LogP contribution in [0.3, 0.4) is 0 Å². The quantitative estimate of drug-likeness (QED) is 0.140. The highest BCUT2D eigenvalue weighted by atomic mass is 16.5. The highest BCUT2D eigenvalue weighted by Gasteiger charge is 2.41. The molecule has 0 amide bonds. The molecule has 2 heterocycles. The van der Waals surface area contributed by atoms with E-state index in [4.69, 9.17) is 4.74 Å². The van der Waals surface area contributed by atoms with Gasteiger partial charge in [-0.1, -0.05) is 175 Å². The van der Waals surface area contributed by atoms with E-state index >= 15 is 0 Å². The second-order valence-electron chi connectivity index (χ2n) is 14.2.